The minimum Gasteiger partial charge on any atom is -0.494 e. The van der Waals surface area contributed by atoms with E-state index in [-0.39, 0.29) is 17.7 Å². The van der Waals surface area contributed by atoms with Crippen LogP contribution in [0, 0.1) is 19.7 Å². The number of hydrogen-bond acceptors (Lipinski definition) is 3. The zero-order valence-electron chi connectivity index (χ0n) is 17.7. The van der Waals surface area contributed by atoms with Crippen LogP contribution in [-0.4, -0.2) is 19.8 Å². The first kappa shape index (κ1) is 20.4. The highest BCUT2D eigenvalue weighted by molar-refractivity contribution is 5.47. The Bertz CT molecular complexity index is 1030. The molecule has 30 heavy (non-hydrogen) atoms. The van der Waals surface area contributed by atoms with Gasteiger partial charge in [0.15, 0.2) is 11.6 Å². The lowest BCUT2D eigenvalue weighted by Crippen LogP contribution is -2.35. The van der Waals surface area contributed by atoms with Crippen molar-refractivity contribution in [3.05, 3.63) is 94.3 Å². The SMILES string of the molecule is COc1cc(CNCC2CC(c3cc(C)ccc3C)c3ccccc3O2)ccc1F. The summed E-state index contributed by atoms with van der Waals surface area (Å²) in [6.07, 6.45) is 0.980. The number of halogens is 1. The van der Waals surface area contributed by atoms with Crippen LogP contribution in [0.15, 0.2) is 60.7 Å². The highest BCUT2D eigenvalue weighted by Crippen LogP contribution is 2.41. The van der Waals surface area contributed by atoms with Gasteiger partial charge in [-0.25, -0.2) is 4.39 Å². The van der Waals surface area contributed by atoms with Crippen molar-refractivity contribution in [3.63, 3.8) is 0 Å². The molecular formula is C26H28FNO2. The molecule has 1 N–H and O–H groups in total. The van der Waals surface area contributed by atoms with Crippen molar-refractivity contribution in [2.24, 2.45) is 0 Å². The molecule has 0 amide bonds. The van der Waals surface area contributed by atoms with Crippen LogP contribution in [0.25, 0.3) is 0 Å². The summed E-state index contributed by atoms with van der Waals surface area (Å²) in [7, 11) is 1.48. The van der Waals surface area contributed by atoms with Crippen molar-refractivity contribution in [2.75, 3.05) is 13.7 Å². The number of para-hydroxylation sites is 1. The van der Waals surface area contributed by atoms with Crippen LogP contribution in [0.2, 0.25) is 0 Å². The van der Waals surface area contributed by atoms with Gasteiger partial charge < -0.3 is 14.8 Å². The van der Waals surface area contributed by atoms with Crippen molar-refractivity contribution >= 4 is 0 Å². The van der Waals surface area contributed by atoms with E-state index >= 15 is 0 Å². The molecule has 2 atom stereocenters. The van der Waals surface area contributed by atoms with Crippen LogP contribution >= 0.6 is 0 Å². The number of rotatable bonds is 6. The number of methoxy groups -OCH3 is 1. The fourth-order valence-corrected chi connectivity index (χ4v) is 4.24. The predicted molar refractivity (Wildman–Crippen MR) is 118 cm³/mol. The second-order valence-electron chi connectivity index (χ2n) is 8.03. The highest BCUT2D eigenvalue weighted by atomic mass is 19.1. The molecule has 0 radical (unpaired) electrons. The summed E-state index contributed by atoms with van der Waals surface area (Å²) in [6, 6.07) is 20.0. The molecule has 0 aliphatic carbocycles. The molecule has 0 spiro atoms. The van der Waals surface area contributed by atoms with E-state index in [1.54, 1.807) is 12.1 Å². The molecule has 3 aromatic rings. The largest absolute Gasteiger partial charge is 0.494 e. The first-order valence-corrected chi connectivity index (χ1v) is 10.4. The minimum atomic E-state index is -0.343. The molecule has 0 aromatic heterocycles. The van der Waals surface area contributed by atoms with E-state index in [4.69, 9.17) is 9.47 Å². The molecule has 0 saturated heterocycles. The Morgan fingerprint density at radius 1 is 1.03 bits per heavy atom. The van der Waals surface area contributed by atoms with Gasteiger partial charge in [-0.3, -0.25) is 0 Å². The Balaban J connectivity index is 1.50. The van der Waals surface area contributed by atoms with Crippen LogP contribution in [0.5, 0.6) is 11.5 Å². The van der Waals surface area contributed by atoms with Crippen molar-refractivity contribution in [2.45, 2.75) is 38.8 Å². The Labute approximate surface area is 177 Å². The minimum absolute atomic E-state index is 0.0622. The van der Waals surface area contributed by atoms with E-state index in [1.165, 1.54) is 35.4 Å². The zero-order chi connectivity index (χ0) is 21.1. The van der Waals surface area contributed by atoms with Crippen molar-refractivity contribution in [3.8, 4) is 11.5 Å². The molecule has 1 heterocycles. The number of hydrogen-bond donors (Lipinski definition) is 1. The lowest BCUT2D eigenvalue weighted by molar-refractivity contribution is 0.161. The molecule has 0 saturated carbocycles. The molecule has 4 rings (SSSR count). The first-order valence-electron chi connectivity index (χ1n) is 10.4. The van der Waals surface area contributed by atoms with Gasteiger partial charge in [0.2, 0.25) is 0 Å². The zero-order valence-corrected chi connectivity index (χ0v) is 17.7. The van der Waals surface area contributed by atoms with Gasteiger partial charge in [0.1, 0.15) is 11.9 Å². The van der Waals surface area contributed by atoms with Crippen molar-refractivity contribution in [1.29, 1.82) is 0 Å². The number of nitrogens with one attached hydrogen (secondary N) is 1. The average molecular weight is 406 g/mol. The second-order valence-corrected chi connectivity index (χ2v) is 8.03. The van der Waals surface area contributed by atoms with E-state index in [0.29, 0.717) is 12.5 Å². The maximum atomic E-state index is 13.6. The first-order chi connectivity index (χ1) is 14.5. The molecule has 3 aromatic carbocycles. The fraction of sp³-hybridized carbons (Fsp3) is 0.308. The van der Waals surface area contributed by atoms with Gasteiger partial charge in [-0.2, -0.15) is 0 Å². The molecule has 1 aliphatic rings. The Morgan fingerprint density at radius 3 is 2.70 bits per heavy atom. The third-order valence-electron chi connectivity index (χ3n) is 5.81. The maximum absolute atomic E-state index is 13.6. The van der Waals surface area contributed by atoms with Crippen LogP contribution in [-0.2, 0) is 6.54 Å². The van der Waals surface area contributed by atoms with E-state index in [9.17, 15) is 4.39 Å². The Morgan fingerprint density at radius 2 is 1.87 bits per heavy atom. The quantitative estimate of drug-likeness (QED) is 0.585. The normalized spacial score (nSPS) is 17.9. The van der Waals surface area contributed by atoms with Gasteiger partial charge in [-0.15, -0.1) is 0 Å². The van der Waals surface area contributed by atoms with Gasteiger partial charge in [0.25, 0.3) is 0 Å². The summed E-state index contributed by atoms with van der Waals surface area (Å²) < 4.78 is 25.0. The summed E-state index contributed by atoms with van der Waals surface area (Å²) in [4.78, 5) is 0. The van der Waals surface area contributed by atoms with Gasteiger partial charge in [0, 0.05) is 24.6 Å². The molecule has 0 bridgehead atoms. The standard InChI is InChI=1S/C26H28FNO2/c1-17-8-9-18(2)22(12-17)23-14-20(30-25-7-5-4-6-21(23)25)16-28-15-19-10-11-24(27)26(13-19)29-3/h4-13,20,23,28H,14-16H2,1-3H3. The Kier molecular flexibility index (Phi) is 6.05. The van der Waals surface area contributed by atoms with E-state index in [2.05, 4.69) is 55.6 Å². The average Bonchev–Trinajstić information content (AvgIpc) is 2.76. The van der Waals surface area contributed by atoms with Gasteiger partial charge in [-0.1, -0.05) is 48.0 Å². The summed E-state index contributed by atoms with van der Waals surface area (Å²) in [5.41, 5.74) is 6.20. The summed E-state index contributed by atoms with van der Waals surface area (Å²) in [6.45, 7) is 5.67. The van der Waals surface area contributed by atoms with Crippen molar-refractivity contribution in [1.82, 2.24) is 5.32 Å². The molecule has 1 aliphatic heterocycles. The van der Waals surface area contributed by atoms with Crippen LogP contribution < -0.4 is 14.8 Å². The molecule has 3 nitrogen and oxygen atoms in total. The van der Waals surface area contributed by atoms with Crippen LogP contribution in [0.3, 0.4) is 0 Å². The smallest absolute Gasteiger partial charge is 0.165 e. The number of fused-ring (bicyclic) bond motifs is 1. The summed E-state index contributed by atoms with van der Waals surface area (Å²) >= 11 is 0. The highest BCUT2D eigenvalue weighted by Gasteiger charge is 2.30. The summed E-state index contributed by atoms with van der Waals surface area (Å²) in [5.74, 6) is 1.20. The van der Waals surface area contributed by atoms with E-state index in [0.717, 1.165) is 24.3 Å². The number of ether oxygens (including phenoxy) is 2. The van der Waals surface area contributed by atoms with Crippen LogP contribution in [0.1, 0.15) is 40.2 Å². The molecule has 4 heteroatoms. The maximum Gasteiger partial charge on any atom is 0.165 e. The fourth-order valence-electron chi connectivity index (χ4n) is 4.24. The van der Waals surface area contributed by atoms with Gasteiger partial charge in [0.05, 0.1) is 7.11 Å². The number of benzene rings is 3. The van der Waals surface area contributed by atoms with E-state index in [1.807, 2.05) is 6.07 Å². The molecule has 156 valence electrons. The summed E-state index contributed by atoms with van der Waals surface area (Å²) in [5, 5.41) is 3.47. The van der Waals surface area contributed by atoms with Gasteiger partial charge >= 0.3 is 0 Å². The topological polar surface area (TPSA) is 30.5 Å². The second kappa shape index (κ2) is 8.88. The van der Waals surface area contributed by atoms with E-state index < -0.39 is 0 Å². The lowest BCUT2D eigenvalue weighted by Gasteiger charge is -2.33. The third-order valence-corrected chi connectivity index (χ3v) is 5.81. The number of aryl methyl sites for hydroxylation is 2. The monoisotopic (exact) mass is 405 g/mol. The molecule has 0 fully saturated rings. The lowest BCUT2D eigenvalue weighted by atomic mass is 9.81. The van der Waals surface area contributed by atoms with Gasteiger partial charge in [-0.05, 0) is 55.2 Å². The molecular weight excluding hydrogens is 377 g/mol. The predicted octanol–water partition coefficient (Wildman–Crippen LogP) is 5.52. The van der Waals surface area contributed by atoms with Crippen LogP contribution in [0.4, 0.5) is 4.39 Å². The molecule has 2 unspecified atom stereocenters. The van der Waals surface area contributed by atoms with Crippen molar-refractivity contribution < 1.29 is 13.9 Å². The Hall–Kier alpha value is -2.85. The third kappa shape index (κ3) is 4.34.